The highest BCUT2D eigenvalue weighted by atomic mass is 32.1. The van der Waals surface area contributed by atoms with E-state index in [-0.39, 0.29) is 11.8 Å². The minimum Gasteiger partial charge on any atom is -0.350 e. The number of hydrogen-bond donors (Lipinski definition) is 2. The van der Waals surface area contributed by atoms with Crippen LogP contribution in [0.15, 0.2) is 5.38 Å². The summed E-state index contributed by atoms with van der Waals surface area (Å²) in [5.41, 5.74) is 0.969. The van der Waals surface area contributed by atoms with Crippen LogP contribution in [0.2, 0.25) is 0 Å². The van der Waals surface area contributed by atoms with Gasteiger partial charge in [-0.05, 0) is 26.2 Å². The van der Waals surface area contributed by atoms with Gasteiger partial charge in [-0.1, -0.05) is 0 Å². The monoisotopic (exact) mass is 251 g/mol. The van der Waals surface area contributed by atoms with E-state index in [2.05, 4.69) is 15.6 Å². The van der Waals surface area contributed by atoms with Gasteiger partial charge in [-0.2, -0.15) is 0 Å². The molecule has 3 unspecified atom stereocenters. The second kappa shape index (κ2) is 4.38. The van der Waals surface area contributed by atoms with E-state index >= 15 is 0 Å². The predicted molar refractivity (Wildman–Crippen MR) is 66.8 cm³/mol. The Bertz CT molecular complexity index is 431. The van der Waals surface area contributed by atoms with Crippen molar-refractivity contribution >= 4 is 17.2 Å². The van der Waals surface area contributed by atoms with E-state index in [1.54, 1.807) is 11.3 Å². The number of thiazole rings is 1. The molecule has 2 fully saturated rings. The summed E-state index contributed by atoms with van der Waals surface area (Å²) in [6, 6.07) is 0.995. The zero-order valence-electron chi connectivity index (χ0n) is 9.90. The Labute approximate surface area is 105 Å². The van der Waals surface area contributed by atoms with Gasteiger partial charge in [-0.15, -0.1) is 11.3 Å². The maximum absolute atomic E-state index is 12.0. The largest absolute Gasteiger partial charge is 0.350 e. The number of hydrogen-bond acceptors (Lipinski definition) is 4. The molecule has 0 spiro atoms. The number of aryl methyl sites for hydroxylation is 1. The third-order valence-corrected chi connectivity index (χ3v) is 4.57. The fraction of sp³-hybridized carbons (Fsp3) is 0.667. The molecule has 3 rings (SSSR count). The van der Waals surface area contributed by atoms with Crippen molar-refractivity contribution in [1.29, 1.82) is 0 Å². The molecule has 1 amide bonds. The Hall–Kier alpha value is -0.940. The van der Waals surface area contributed by atoms with E-state index in [1.807, 2.05) is 12.3 Å². The van der Waals surface area contributed by atoms with Crippen LogP contribution in [-0.4, -0.2) is 23.0 Å². The SMILES string of the molecule is Cc1nc(CNC(=O)C2CC3CCC2N3)cs1. The number of fused-ring (bicyclic) bond motifs is 2. The molecule has 92 valence electrons. The van der Waals surface area contributed by atoms with Crippen LogP contribution < -0.4 is 10.6 Å². The van der Waals surface area contributed by atoms with Crippen molar-refractivity contribution in [3.63, 3.8) is 0 Å². The van der Waals surface area contributed by atoms with Gasteiger partial charge in [0.05, 0.1) is 23.2 Å². The van der Waals surface area contributed by atoms with E-state index in [0.29, 0.717) is 18.6 Å². The topological polar surface area (TPSA) is 54.0 Å². The smallest absolute Gasteiger partial charge is 0.225 e. The Morgan fingerprint density at radius 3 is 3.12 bits per heavy atom. The quantitative estimate of drug-likeness (QED) is 0.849. The van der Waals surface area contributed by atoms with Gasteiger partial charge in [0, 0.05) is 17.5 Å². The first kappa shape index (κ1) is 11.2. The van der Waals surface area contributed by atoms with Crippen LogP contribution in [0.5, 0.6) is 0 Å². The van der Waals surface area contributed by atoms with E-state index in [4.69, 9.17) is 0 Å². The highest BCUT2D eigenvalue weighted by Gasteiger charge is 2.42. The number of aromatic nitrogens is 1. The summed E-state index contributed by atoms with van der Waals surface area (Å²) < 4.78 is 0. The van der Waals surface area contributed by atoms with Gasteiger partial charge < -0.3 is 10.6 Å². The molecule has 4 nitrogen and oxygen atoms in total. The highest BCUT2D eigenvalue weighted by molar-refractivity contribution is 7.09. The molecule has 5 heteroatoms. The molecule has 0 saturated carbocycles. The molecule has 17 heavy (non-hydrogen) atoms. The molecular formula is C12H17N3OS. The molecular weight excluding hydrogens is 234 g/mol. The first-order valence-electron chi connectivity index (χ1n) is 6.17. The van der Waals surface area contributed by atoms with Gasteiger partial charge in [-0.3, -0.25) is 4.79 Å². The average Bonchev–Trinajstić information content (AvgIpc) is 3.01. The van der Waals surface area contributed by atoms with E-state index in [0.717, 1.165) is 23.5 Å². The summed E-state index contributed by atoms with van der Waals surface area (Å²) in [7, 11) is 0. The lowest BCUT2D eigenvalue weighted by Crippen LogP contribution is -2.37. The lowest BCUT2D eigenvalue weighted by atomic mass is 9.88. The molecule has 3 atom stereocenters. The van der Waals surface area contributed by atoms with Crippen LogP contribution in [0.4, 0.5) is 0 Å². The second-order valence-electron chi connectivity index (χ2n) is 4.97. The number of carbonyl (C=O) groups is 1. The summed E-state index contributed by atoms with van der Waals surface area (Å²) in [5, 5.41) is 9.55. The van der Waals surface area contributed by atoms with E-state index in [1.165, 1.54) is 6.42 Å². The molecule has 2 bridgehead atoms. The van der Waals surface area contributed by atoms with Gasteiger partial charge in [-0.25, -0.2) is 4.98 Å². The van der Waals surface area contributed by atoms with E-state index < -0.39 is 0 Å². The average molecular weight is 251 g/mol. The Balaban J connectivity index is 1.54. The normalized spacial score (nSPS) is 30.8. The predicted octanol–water partition coefficient (Wildman–Crippen LogP) is 1.21. The first-order chi connectivity index (χ1) is 8.22. The molecule has 2 saturated heterocycles. The molecule has 2 aliphatic heterocycles. The molecule has 0 radical (unpaired) electrons. The minimum absolute atomic E-state index is 0.175. The van der Waals surface area contributed by atoms with Crippen molar-refractivity contribution in [2.24, 2.45) is 5.92 Å². The Morgan fingerprint density at radius 1 is 1.65 bits per heavy atom. The van der Waals surface area contributed by atoms with Crippen LogP contribution in [0, 0.1) is 12.8 Å². The second-order valence-corrected chi connectivity index (χ2v) is 6.03. The molecule has 0 aliphatic carbocycles. The van der Waals surface area contributed by atoms with Crippen molar-refractivity contribution in [3.05, 3.63) is 16.1 Å². The van der Waals surface area contributed by atoms with Crippen molar-refractivity contribution in [3.8, 4) is 0 Å². The van der Waals surface area contributed by atoms with Crippen molar-refractivity contribution in [2.75, 3.05) is 0 Å². The van der Waals surface area contributed by atoms with Crippen LogP contribution in [0.1, 0.15) is 30.0 Å². The summed E-state index contributed by atoms with van der Waals surface area (Å²) >= 11 is 1.63. The van der Waals surface area contributed by atoms with Gasteiger partial charge >= 0.3 is 0 Å². The third-order valence-electron chi connectivity index (χ3n) is 3.75. The zero-order chi connectivity index (χ0) is 11.8. The van der Waals surface area contributed by atoms with Gasteiger partial charge in [0.15, 0.2) is 0 Å². The standard InChI is InChI=1S/C12H17N3OS/c1-7-14-9(6-17-7)5-13-12(16)10-4-8-2-3-11(10)15-8/h6,8,10-11,15H,2-5H2,1H3,(H,13,16). The summed E-state index contributed by atoms with van der Waals surface area (Å²) in [5.74, 6) is 0.365. The molecule has 3 heterocycles. The number of amides is 1. The maximum atomic E-state index is 12.0. The maximum Gasteiger partial charge on any atom is 0.225 e. The van der Waals surface area contributed by atoms with Crippen LogP contribution >= 0.6 is 11.3 Å². The van der Waals surface area contributed by atoms with Crippen molar-refractivity contribution < 1.29 is 4.79 Å². The molecule has 0 aromatic carbocycles. The molecule has 1 aromatic rings. The van der Waals surface area contributed by atoms with Crippen molar-refractivity contribution in [1.82, 2.24) is 15.6 Å². The van der Waals surface area contributed by atoms with Crippen LogP contribution in [-0.2, 0) is 11.3 Å². The molecule has 2 aliphatic rings. The summed E-state index contributed by atoms with van der Waals surface area (Å²) in [6.07, 6.45) is 3.39. The Morgan fingerprint density at radius 2 is 2.53 bits per heavy atom. The fourth-order valence-corrected chi connectivity index (χ4v) is 3.52. The lowest BCUT2D eigenvalue weighted by Gasteiger charge is -2.18. The van der Waals surface area contributed by atoms with Gasteiger partial charge in [0.1, 0.15) is 0 Å². The third kappa shape index (κ3) is 2.21. The van der Waals surface area contributed by atoms with Gasteiger partial charge in [0.2, 0.25) is 5.91 Å². The molecule has 2 N–H and O–H groups in total. The minimum atomic E-state index is 0.175. The molecule has 1 aromatic heterocycles. The van der Waals surface area contributed by atoms with Gasteiger partial charge in [0.25, 0.3) is 0 Å². The number of nitrogens with zero attached hydrogens (tertiary/aromatic N) is 1. The lowest BCUT2D eigenvalue weighted by molar-refractivity contribution is -0.125. The van der Waals surface area contributed by atoms with E-state index in [9.17, 15) is 4.79 Å². The number of carbonyl (C=O) groups excluding carboxylic acids is 1. The summed E-state index contributed by atoms with van der Waals surface area (Å²) in [4.78, 5) is 16.4. The van der Waals surface area contributed by atoms with Crippen LogP contribution in [0.3, 0.4) is 0 Å². The first-order valence-corrected chi connectivity index (χ1v) is 7.05. The summed E-state index contributed by atoms with van der Waals surface area (Å²) in [6.45, 7) is 2.55. The fourth-order valence-electron chi connectivity index (χ4n) is 2.91. The number of nitrogens with one attached hydrogen (secondary N) is 2. The zero-order valence-corrected chi connectivity index (χ0v) is 10.7. The number of rotatable bonds is 3. The highest BCUT2D eigenvalue weighted by Crippen LogP contribution is 2.33. The van der Waals surface area contributed by atoms with Crippen LogP contribution in [0.25, 0.3) is 0 Å². The Kier molecular flexibility index (Phi) is 2.88. The van der Waals surface area contributed by atoms with Crippen molar-refractivity contribution in [2.45, 2.75) is 44.8 Å².